The van der Waals surface area contributed by atoms with Crippen molar-refractivity contribution in [2.45, 2.75) is 51.7 Å². The summed E-state index contributed by atoms with van der Waals surface area (Å²) < 4.78 is 5.02. The Labute approximate surface area is 141 Å². The van der Waals surface area contributed by atoms with Crippen LogP contribution in [0.15, 0.2) is 0 Å². The van der Waals surface area contributed by atoms with E-state index < -0.39 is 35.5 Å². The minimum absolute atomic E-state index is 0.286. The lowest BCUT2D eigenvalue weighted by molar-refractivity contribution is -0.129. The van der Waals surface area contributed by atoms with Gasteiger partial charge in [0.15, 0.2) is 0 Å². The van der Waals surface area contributed by atoms with Crippen LogP contribution in [0.3, 0.4) is 0 Å². The fourth-order valence-corrected chi connectivity index (χ4v) is 1.93. The van der Waals surface area contributed by atoms with Crippen LogP contribution in [0, 0.1) is 5.92 Å². The molecule has 4 amide bonds. The van der Waals surface area contributed by atoms with Crippen LogP contribution in [0.25, 0.3) is 0 Å². The van der Waals surface area contributed by atoms with Gasteiger partial charge in [0.2, 0.25) is 17.7 Å². The van der Waals surface area contributed by atoms with Crippen molar-refractivity contribution >= 4 is 23.8 Å². The number of nitrogens with one attached hydrogen (secondary N) is 3. The number of hydrogen-bond acceptors (Lipinski definition) is 5. The molecule has 24 heavy (non-hydrogen) atoms. The van der Waals surface area contributed by atoms with Crippen LogP contribution in [0.1, 0.15) is 40.0 Å². The van der Waals surface area contributed by atoms with Crippen LogP contribution >= 0.6 is 0 Å². The molecule has 1 atom stereocenters. The maximum atomic E-state index is 12.0. The lowest BCUT2D eigenvalue weighted by atomic mass is 10.1. The largest absolute Gasteiger partial charge is 0.444 e. The topological polar surface area (TPSA) is 140 Å². The number of carbonyl (C=O) groups excluding carboxylic acids is 4. The van der Waals surface area contributed by atoms with Gasteiger partial charge in [-0.05, 0) is 33.1 Å². The minimum Gasteiger partial charge on any atom is -0.444 e. The first kappa shape index (κ1) is 19.7. The molecule has 1 fully saturated rings. The molecule has 1 aliphatic carbocycles. The Morgan fingerprint density at radius 3 is 2.25 bits per heavy atom. The molecule has 0 aromatic heterocycles. The molecule has 1 aliphatic rings. The van der Waals surface area contributed by atoms with Crippen molar-refractivity contribution < 1.29 is 23.9 Å². The zero-order valence-corrected chi connectivity index (χ0v) is 14.3. The predicted molar refractivity (Wildman–Crippen MR) is 85.7 cm³/mol. The van der Waals surface area contributed by atoms with Crippen LogP contribution < -0.4 is 21.7 Å². The van der Waals surface area contributed by atoms with E-state index in [0.29, 0.717) is 12.3 Å². The molecule has 0 spiro atoms. The van der Waals surface area contributed by atoms with Gasteiger partial charge in [-0.25, -0.2) is 4.79 Å². The third-order valence-corrected chi connectivity index (χ3v) is 3.15. The Morgan fingerprint density at radius 2 is 1.75 bits per heavy atom. The Hall–Kier alpha value is -2.32. The highest BCUT2D eigenvalue weighted by Gasteiger charge is 2.30. The van der Waals surface area contributed by atoms with Gasteiger partial charge in [-0.2, -0.15) is 0 Å². The van der Waals surface area contributed by atoms with Crippen molar-refractivity contribution in [2.75, 3.05) is 13.1 Å². The van der Waals surface area contributed by atoms with E-state index in [0.717, 1.165) is 12.8 Å². The van der Waals surface area contributed by atoms with Gasteiger partial charge >= 0.3 is 6.09 Å². The third-order valence-electron chi connectivity index (χ3n) is 3.15. The molecule has 0 bridgehead atoms. The van der Waals surface area contributed by atoms with Crippen molar-refractivity contribution in [2.24, 2.45) is 11.7 Å². The number of carbonyl (C=O) groups is 4. The highest BCUT2D eigenvalue weighted by atomic mass is 16.6. The molecule has 1 unspecified atom stereocenters. The van der Waals surface area contributed by atoms with Crippen LogP contribution in [-0.2, 0) is 19.1 Å². The van der Waals surface area contributed by atoms with E-state index in [1.54, 1.807) is 20.8 Å². The summed E-state index contributed by atoms with van der Waals surface area (Å²) in [5, 5.41) is 7.26. The summed E-state index contributed by atoms with van der Waals surface area (Å²) in [4.78, 5) is 46.2. The van der Waals surface area contributed by atoms with Crippen molar-refractivity contribution in [3.05, 3.63) is 0 Å². The van der Waals surface area contributed by atoms with Gasteiger partial charge in [0, 0.05) is 0 Å². The van der Waals surface area contributed by atoms with Crippen LogP contribution in [0.2, 0.25) is 0 Å². The molecule has 0 heterocycles. The van der Waals surface area contributed by atoms with E-state index in [9.17, 15) is 19.2 Å². The first-order chi connectivity index (χ1) is 11.1. The fraction of sp³-hybridized carbons (Fsp3) is 0.733. The Kier molecular flexibility index (Phi) is 6.99. The first-order valence-corrected chi connectivity index (χ1v) is 7.89. The lowest BCUT2D eigenvalue weighted by Gasteiger charge is -2.20. The maximum Gasteiger partial charge on any atom is 0.408 e. The van der Waals surface area contributed by atoms with E-state index >= 15 is 0 Å². The van der Waals surface area contributed by atoms with Gasteiger partial charge in [0.25, 0.3) is 0 Å². The second kappa shape index (κ2) is 8.51. The monoisotopic (exact) mass is 342 g/mol. The SMILES string of the molecule is CC(C)(C)OC(=O)NCC(=O)NC(CC1CC1)C(=O)NCC(N)=O. The zero-order chi connectivity index (χ0) is 18.3. The predicted octanol–water partition coefficient (Wildman–Crippen LogP) is -0.602. The third kappa shape index (κ3) is 8.96. The molecular weight excluding hydrogens is 316 g/mol. The molecule has 9 heteroatoms. The first-order valence-electron chi connectivity index (χ1n) is 7.89. The van der Waals surface area contributed by atoms with Crippen LogP contribution in [0.4, 0.5) is 4.79 Å². The smallest absolute Gasteiger partial charge is 0.408 e. The lowest BCUT2D eigenvalue weighted by Crippen LogP contribution is -2.51. The summed E-state index contributed by atoms with van der Waals surface area (Å²) in [7, 11) is 0. The van der Waals surface area contributed by atoms with Crippen molar-refractivity contribution in [3.63, 3.8) is 0 Å². The molecule has 0 saturated heterocycles. The molecule has 0 aromatic carbocycles. The number of nitrogens with two attached hydrogens (primary N) is 1. The highest BCUT2D eigenvalue weighted by Crippen LogP contribution is 2.33. The second-order valence-electron chi connectivity index (χ2n) is 6.84. The van der Waals surface area contributed by atoms with Crippen LogP contribution in [0.5, 0.6) is 0 Å². The van der Waals surface area contributed by atoms with Gasteiger partial charge in [-0.3, -0.25) is 14.4 Å². The van der Waals surface area contributed by atoms with Crippen LogP contribution in [-0.4, -0.2) is 48.5 Å². The van der Waals surface area contributed by atoms with Gasteiger partial charge < -0.3 is 26.4 Å². The van der Waals surface area contributed by atoms with Gasteiger partial charge in [0.1, 0.15) is 18.2 Å². The molecule has 1 rings (SSSR count). The summed E-state index contributed by atoms with van der Waals surface area (Å²) in [6.07, 6.45) is 1.79. The molecule has 1 saturated carbocycles. The zero-order valence-electron chi connectivity index (χ0n) is 14.3. The quantitative estimate of drug-likeness (QED) is 0.466. The summed E-state index contributed by atoms with van der Waals surface area (Å²) in [5.41, 5.74) is 4.32. The Morgan fingerprint density at radius 1 is 1.12 bits per heavy atom. The normalized spacial score (nSPS) is 15.1. The van der Waals surface area contributed by atoms with E-state index in [1.165, 1.54) is 0 Å². The summed E-state index contributed by atoms with van der Waals surface area (Å²) in [5.74, 6) is -1.26. The number of alkyl carbamates (subject to hydrolysis) is 1. The number of ether oxygens (including phenoxy) is 1. The Balaban J connectivity index is 2.44. The fourth-order valence-electron chi connectivity index (χ4n) is 1.93. The molecule has 0 aromatic rings. The van der Waals surface area contributed by atoms with Gasteiger partial charge in [0.05, 0.1) is 6.54 Å². The maximum absolute atomic E-state index is 12.0. The van der Waals surface area contributed by atoms with E-state index in [2.05, 4.69) is 16.0 Å². The van der Waals surface area contributed by atoms with Gasteiger partial charge in [-0.15, -0.1) is 0 Å². The number of rotatable bonds is 8. The number of hydrogen-bond donors (Lipinski definition) is 4. The molecule has 0 aliphatic heterocycles. The summed E-state index contributed by atoms with van der Waals surface area (Å²) in [6.45, 7) is 4.54. The standard InChI is InChI=1S/C15H26N4O5/c1-15(2,3)24-14(23)18-8-12(21)19-10(6-9-4-5-9)13(22)17-7-11(16)20/h9-10H,4-8H2,1-3H3,(H2,16,20)(H,17,22)(H,18,23)(H,19,21). The van der Waals surface area contributed by atoms with Gasteiger partial charge in [-0.1, -0.05) is 12.8 Å². The number of primary amides is 1. The van der Waals surface area contributed by atoms with Crippen molar-refractivity contribution in [1.82, 2.24) is 16.0 Å². The summed E-state index contributed by atoms with van der Waals surface area (Å²) >= 11 is 0. The average molecular weight is 342 g/mol. The molecule has 9 nitrogen and oxygen atoms in total. The Bertz CT molecular complexity index is 497. The average Bonchev–Trinajstić information content (AvgIpc) is 3.24. The number of amides is 4. The molecular formula is C15H26N4O5. The molecule has 0 radical (unpaired) electrons. The van der Waals surface area contributed by atoms with Crippen molar-refractivity contribution in [1.29, 1.82) is 0 Å². The van der Waals surface area contributed by atoms with E-state index in [-0.39, 0.29) is 13.1 Å². The van der Waals surface area contributed by atoms with E-state index in [1.807, 2.05) is 0 Å². The minimum atomic E-state index is -0.759. The highest BCUT2D eigenvalue weighted by molar-refractivity contribution is 5.91. The molecule has 136 valence electrons. The second-order valence-corrected chi connectivity index (χ2v) is 6.84. The summed E-state index contributed by atoms with van der Waals surface area (Å²) in [6, 6.07) is -0.759. The van der Waals surface area contributed by atoms with E-state index in [4.69, 9.17) is 10.5 Å². The molecule has 5 N–H and O–H groups in total. The van der Waals surface area contributed by atoms with Crippen molar-refractivity contribution in [3.8, 4) is 0 Å².